The molecule has 0 aliphatic heterocycles. The molecule has 0 saturated carbocycles. The van der Waals surface area contributed by atoms with Gasteiger partial charge in [0, 0.05) is 17.7 Å². The average molecular weight is 326 g/mol. The molecule has 0 radical (unpaired) electrons. The van der Waals surface area contributed by atoms with Gasteiger partial charge in [0.05, 0.1) is 0 Å². The second kappa shape index (κ2) is 6.39. The van der Waals surface area contributed by atoms with E-state index >= 15 is 0 Å². The third-order valence-electron chi connectivity index (χ3n) is 5.00. The first kappa shape index (κ1) is 15.9. The highest BCUT2D eigenvalue weighted by Gasteiger charge is 2.43. The summed E-state index contributed by atoms with van der Waals surface area (Å²) in [7, 11) is 0. The van der Waals surface area contributed by atoms with Crippen molar-refractivity contribution in [1.82, 2.24) is 0 Å². The number of hydrogen-bond acceptors (Lipinski definition) is 1. The molecular formula is C24H22O. The number of fused-ring (bicyclic) bond motifs is 5. The first-order valence-electron chi connectivity index (χ1n) is 9.02. The zero-order chi connectivity index (χ0) is 17.3. The van der Waals surface area contributed by atoms with Gasteiger partial charge in [0.15, 0.2) is 5.60 Å². The van der Waals surface area contributed by atoms with Crippen LogP contribution in [0.4, 0.5) is 0 Å². The third-order valence-corrected chi connectivity index (χ3v) is 5.00. The second-order valence-corrected chi connectivity index (χ2v) is 6.51. The van der Waals surface area contributed by atoms with E-state index in [9.17, 15) is 0 Å². The van der Waals surface area contributed by atoms with Crippen molar-refractivity contribution in [3.8, 4) is 23.0 Å². The highest BCUT2D eigenvalue weighted by Crippen LogP contribution is 2.51. The maximum atomic E-state index is 6.50. The molecule has 25 heavy (non-hydrogen) atoms. The lowest BCUT2D eigenvalue weighted by Gasteiger charge is -2.27. The SMILES string of the molecule is CC#CC1(OCCCC)c2ccccc2-c2c1ccc1ccccc21. The fourth-order valence-electron chi connectivity index (χ4n) is 3.88. The van der Waals surface area contributed by atoms with Gasteiger partial charge in [0.25, 0.3) is 0 Å². The van der Waals surface area contributed by atoms with Crippen LogP contribution >= 0.6 is 0 Å². The zero-order valence-electron chi connectivity index (χ0n) is 14.8. The van der Waals surface area contributed by atoms with Crippen molar-refractivity contribution in [2.24, 2.45) is 0 Å². The molecule has 3 aromatic rings. The fourth-order valence-corrected chi connectivity index (χ4v) is 3.88. The summed E-state index contributed by atoms with van der Waals surface area (Å²) in [5, 5.41) is 2.52. The molecule has 0 fully saturated rings. The lowest BCUT2D eigenvalue weighted by atomic mass is 9.90. The molecule has 4 rings (SSSR count). The van der Waals surface area contributed by atoms with E-state index in [1.165, 1.54) is 33.0 Å². The molecule has 3 aromatic carbocycles. The highest BCUT2D eigenvalue weighted by atomic mass is 16.5. The second-order valence-electron chi connectivity index (χ2n) is 6.51. The van der Waals surface area contributed by atoms with Crippen molar-refractivity contribution in [2.75, 3.05) is 6.61 Å². The van der Waals surface area contributed by atoms with Crippen LogP contribution in [0.2, 0.25) is 0 Å². The zero-order valence-corrected chi connectivity index (χ0v) is 14.8. The van der Waals surface area contributed by atoms with Crippen molar-refractivity contribution in [1.29, 1.82) is 0 Å². The van der Waals surface area contributed by atoms with Crippen LogP contribution in [0.5, 0.6) is 0 Å². The van der Waals surface area contributed by atoms with Crippen molar-refractivity contribution in [3.63, 3.8) is 0 Å². The highest BCUT2D eigenvalue weighted by molar-refractivity contribution is 6.02. The Morgan fingerprint density at radius 1 is 0.920 bits per heavy atom. The Morgan fingerprint density at radius 2 is 1.72 bits per heavy atom. The molecule has 0 heterocycles. The summed E-state index contributed by atoms with van der Waals surface area (Å²) in [5.74, 6) is 6.55. The summed E-state index contributed by atoms with van der Waals surface area (Å²) in [5.41, 5.74) is 4.21. The standard InChI is InChI=1S/C24H22O/c1-3-5-17-25-24(16-4-2)21-13-9-8-12-20(21)23-19-11-7-6-10-18(19)14-15-22(23)24/h6-15H,3,5,17H2,1-2H3. The predicted octanol–water partition coefficient (Wildman–Crippen LogP) is 5.90. The average Bonchev–Trinajstić information content (AvgIpc) is 2.93. The van der Waals surface area contributed by atoms with Gasteiger partial charge in [-0.2, -0.15) is 0 Å². The van der Waals surface area contributed by atoms with E-state index < -0.39 is 5.60 Å². The molecule has 0 saturated heterocycles. The van der Waals surface area contributed by atoms with Gasteiger partial charge >= 0.3 is 0 Å². The summed E-state index contributed by atoms with van der Waals surface area (Å²) in [4.78, 5) is 0. The Hall–Kier alpha value is -2.56. The summed E-state index contributed by atoms with van der Waals surface area (Å²) in [6.45, 7) is 4.80. The van der Waals surface area contributed by atoms with Gasteiger partial charge in [-0.1, -0.05) is 79.9 Å². The molecule has 0 N–H and O–H groups in total. The third kappa shape index (κ3) is 2.37. The Bertz CT molecular complexity index is 990. The van der Waals surface area contributed by atoms with Crippen LogP contribution in [0.1, 0.15) is 37.8 Å². The van der Waals surface area contributed by atoms with E-state index in [0.717, 1.165) is 12.8 Å². The normalized spacial score (nSPS) is 17.7. The summed E-state index contributed by atoms with van der Waals surface area (Å²) >= 11 is 0. The Balaban J connectivity index is 2.04. The lowest BCUT2D eigenvalue weighted by Crippen LogP contribution is -2.27. The van der Waals surface area contributed by atoms with Gasteiger partial charge < -0.3 is 4.74 Å². The number of hydrogen-bond donors (Lipinski definition) is 0. The van der Waals surface area contributed by atoms with Crippen molar-refractivity contribution < 1.29 is 4.74 Å². The molecule has 0 aromatic heterocycles. The Kier molecular flexibility index (Phi) is 4.07. The minimum Gasteiger partial charge on any atom is -0.354 e. The Morgan fingerprint density at radius 3 is 2.56 bits per heavy atom. The Labute approximate surface area is 149 Å². The smallest absolute Gasteiger partial charge is 0.180 e. The van der Waals surface area contributed by atoms with Crippen LogP contribution < -0.4 is 0 Å². The van der Waals surface area contributed by atoms with Crippen LogP contribution in [0, 0.1) is 11.8 Å². The summed E-state index contributed by atoms with van der Waals surface area (Å²) in [6, 6.07) is 21.5. The molecule has 0 amide bonds. The van der Waals surface area contributed by atoms with Gasteiger partial charge in [0.1, 0.15) is 0 Å². The monoisotopic (exact) mass is 326 g/mol. The van der Waals surface area contributed by atoms with Crippen molar-refractivity contribution in [2.45, 2.75) is 32.3 Å². The molecule has 1 heteroatoms. The predicted molar refractivity (Wildman–Crippen MR) is 104 cm³/mol. The lowest BCUT2D eigenvalue weighted by molar-refractivity contribution is 0.0279. The molecule has 1 nitrogen and oxygen atoms in total. The van der Waals surface area contributed by atoms with Gasteiger partial charge in [-0.25, -0.2) is 0 Å². The van der Waals surface area contributed by atoms with Crippen LogP contribution in [0.3, 0.4) is 0 Å². The summed E-state index contributed by atoms with van der Waals surface area (Å²) in [6.07, 6.45) is 2.15. The first-order valence-corrected chi connectivity index (χ1v) is 9.02. The van der Waals surface area contributed by atoms with Crippen LogP contribution in [0.25, 0.3) is 21.9 Å². The van der Waals surface area contributed by atoms with Gasteiger partial charge in [0.2, 0.25) is 0 Å². The maximum Gasteiger partial charge on any atom is 0.180 e. The minimum absolute atomic E-state index is 0.653. The largest absolute Gasteiger partial charge is 0.354 e. The molecule has 1 aliphatic carbocycles. The maximum absolute atomic E-state index is 6.50. The van der Waals surface area contributed by atoms with E-state index in [2.05, 4.69) is 79.4 Å². The minimum atomic E-state index is -0.653. The fraction of sp³-hybridized carbons (Fsp3) is 0.250. The number of rotatable bonds is 4. The topological polar surface area (TPSA) is 9.23 Å². The van der Waals surface area contributed by atoms with Crippen LogP contribution in [0.15, 0.2) is 60.7 Å². The molecule has 1 atom stereocenters. The molecule has 0 spiro atoms. The number of unbranched alkanes of at least 4 members (excludes halogenated alkanes) is 1. The van der Waals surface area contributed by atoms with E-state index in [1.54, 1.807) is 0 Å². The summed E-state index contributed by atoms with van der Waals surface area (Å²) < 4.78 is 6.50. The van der Waals surface area contributed by atoms with Gasteiger partial charge in [-0.3, -0.25) is 0 Å². The quantitative estimate of drug-likeness (QED) is 0.428. The first-order chi connectivity index (χ1) is 12.3. The molecule has 1 unspecified atom stereocenters. The van der Waals surface area contributed by atoms with E-state index in [4.69, 9.17) is 4.74 Å². The van der Waals surface area contributed by atoms with Crippen LogP contribution in [-0.2, 0) is 10.3 Å². The van der Waals surface area contributed by atoms with Gasteiger partial charge in [-0.15, -0.1) is 5.92 Å². The van der Waals surface area contributed by atoms with Gasteiger partial charge in [-0.05, 0) is 35.2 Å². The molecule has 124 valence electrons. The number of ether oxygens (including phenoxy) is 1. The van der Waals surface area contributed by atoms with Crippen LogP contribution in [-0.4, -0.2) is 6.61 Å². The van der Waals surface area contributed by atoms with E-state index in [1.807, 2.05) is 6.92 Å². The molecule has 0 bridgehead atoms. The molecular weight excluding hydrogens is 304 g/mol. The number of benzene rings is 3. The molecule has 1 aliphatic rings. The van der Waals surface area contributed by atoms with Crippen molar-refractivity contribution >= 4 is 10.8 Å². The van der Waals surface area contributed by atoms with Crippen molar-refractivity contribution in [3.05, 3.63) is 71.8 Å². The van der Waals surface area contributed by atoms with E-state index in [0.29, 0.717) is 6.61 Å². The van der Waals surface area contributed by atoms with E-state index in [-0.39, 0.29) is 0 Å².